The summed E-state index contributed by atoms with van der Waals surface area (Å²) >= 11 is 0. The summed E-state index contributed by atoms with van der Waals surface area (Å²) < 4.78 is 0. The standard InChI is InChI=1S/C12H14N4O.C2H4O.C2H6/c1-3-8(2)10-12(17)14-11(16-15-10)9-6-4-5-7-13-9;1-2-3;1-2/h4-8H,3H2,1-2H3,(H,14,16,17);2H,1H3;1-2H3. The van der Waals surface area contributed by atoms with Crippen LogP contribution in [0, 0.1) is 0 Å². The number of nitrogens with zero attached hydrogens (tertiary/aromatic N) is 3. The van der Waals surface area contributed by atoms with Crippen molar-refractivity contribution in [2.24, 2.45) is 0 Å². The molecule has 1 N–H and O–H groups in total. The van der Waals surface area contributed by atoms with E-state index in [1.54, 1.807) is 12.3 Å². The Morgan fingerprint density at radius 1 is 1.27 bits per heavy atom. The van der Waals surface area contributed by atoms with Gasteiger partial charge in [0.15, 0.2) is 5.82 Å². The number of carbonyl (C=O) groups excluding carboxylic acids is 1. The van der Waals surface area contributed by atoms with Gasteiger partial charge < -0.3 is 9.78 Å². The molecular weight excluding hydrogens is 280 g/mol. The van der Waals surface area contributed by atoms with E-state index < -0.39 is 0 Å². The third-order valence-corrected chi connectivity index (χ3v) is 2.71. The van der Waals surface area contributed by atoms with Crippen LogP contribution in [0.4, 0.5) is 0 Å². The van der Waals surface area contributed by atoms with Gasteiger partial charge in [0.05, 0.1) is 0 Å². The maximum absolute atomic E-state index is 11.8. The molecule has 2 rings (SSSR count). The summed E-state index contributed by atoms with van der Waals surface area (Å²) in [6.07, 6.45) is 3.26. The molecule has 0 fully saturated rings. The lowest BCUT2D eigenvalue weighted by Gasteiger charge is -2.06. The number of carbonyl (C=O) groups is 1. The SMILES string of the molecule is CC.CC=O.CCC(C)c1nnc(-c2ccccn2)[nH]c1=O. The zero-order valence-electron chi connectivity index (χ0n) is 13.8. The Morgan fingerprint density at radius 2 is 1.91 bits per heavy atom. The molecule has 120 valence electrons. The van der Waals surface area contributed by atoms with Crippen molar-refractivity contribution in [1.82, 2.24) is 20.2 Å². The van der Waals surface area contributed by atoms with Crippen LogP contribution in [0.2, 0.25) is 0 Å². The van der Waals surface area contributed by atoms with E-state index in [9.17, 15) is 4.79 Å². The quantitative estimate of drug-likeness (QED) is 0.881. The number of aromatic amines is 1. The first-order valence-corrected chi connectivity index (χ1v) is 7.42. The van der Waals surface area contributed by atoms with E-state index in [1.165, 1.54) is 6.92 Å². The highest BCUT2D eigenvalue weighted by Gasteiger charge is 2.12. The molecule has 0 aromatic carbocycles. The molecule has 1 atom stereocenters. The highest BCUT2D eigenvalue weighted by Crippen LogP contribution is 2.12. The molecule has 0 aliphatic heterocycles. The molecule has 6 nitrogen and oxygen atoms in total. The lowest BCUT2D eigenvalue weighted by molar-refractivity contribution is -0.106. The van der Waals surface area contributed by atoms with Crippen LogP contribution in [0.25, 0.3) is 11.5 Å². The Hall–Kier alpha value is -2.37. The Balaban J connectivity index is 0.000000789. The normalized spacial score (nSPS) is 10.4. The molecule has 0 saturated carbocycles. The third-order valence-electron chi connectivity index (χ3n) is 2.71. The minimum Gasteiger partial charge on any atom is -0.304 e. The number of pyridine rings is 1. The van der Waals surface area contributed by atoms with Crippen LogP contribution in [-0.4, -0.2) is 26.5 Å². The average molecular weight is 304 g/mol. The van der Waals surface area contributed by atoms with Gasteiger partial charge in [-0.1, -0.05) is 33.8 Å². The van der Waals surface area contributed by atoms with Gasteiger partial charge in [-0.3, -0.25) is 9.78 Å². The number of hydrogen-bond donors (Lipinski definition) is 1. The first kappa shape index (κ1) is 19.6. The van der Waals surface area contributed by atoms with E-state index in [0.717, 1.165) is 12.7 Å². The zero-order chi connectivity index (χ0) is 17.0. The van der Waals surface area contributed by atoms with Crippen LogP contribution in [0.15, 0.2) is 29.2 Å². The number of rotatable bonds is 3. The Bertz CT molecular complexity index is 597. The van der Waals surface area contributed by atoms with Gasteiger partial charge in [-0.2, -0.15) is 0 Å². The van der Waals surface area contributed by atoms with Crippen LogP contribution in [0.1, 0.15) is 52.7 Å². The second-order valence-corrected chi connectivity index (χ2v) is 4.15. The van der Waals surface area contributed by atoms with Gasteiger partial charge in [-0.15, -0.1) is 10.2 Å². The van der Waals surface area contributed by atoms with Crippen LogP contribution >= 0.6 is 0 Å². The van der Waals surface area contributed by atoms with E-state index >= 15 is 0 Å². The van der Waals surface area contributed by atoms with Crippen molar-refractivity contribution in [1.29, 1.82) is 0 Å². The van der Waals surface area contributed by atoms with Gasteiger partial charge in [0, 0.05) is 12.1 Å². The average Bonchev–Trinajstić information content (AvgIpc) is 2.57. The second kappa shape index (κ2) is 11.3. The molecule has 2 heterocycles. The van der Waals surface area contributed by atoms with Crippen molar-refractivity contribution < 1.29 is 4.79 Å². The summed E-state index contributed by atoms with van der Waals surface area (Å²) in [6, 6.07) is 5.43. The van der Waals surface area contributed by atoms with Crippen LogP contribution in [-0.2, 0) is 4.79 Å². The van der Waals surface area contributed by atoms with E-state index in [4.69, 9.17) is 4.79 Å². The lowest BCUT2D eigenvalue weighted by atomic mass is 10.1. The smallest absolute Gasteiger partial charge is 0.273 e. The van der Waals surface area contributed by atoms with Gasteiger partial charge in [0.25, 0.3) is 5.56 Å². The molecule has 2 aromatic heterocycles. The predicted molar refractivity (Wildman–Crippen MR) is 87.7 cm³/mol. The Labute approximate surface area is 131 Å². The molecule has 0 spiro atoms. The van der Waals surface area contributed by atoms with E-state index in [0.29, 0.717) is 17.2 Å². The van der Waals surface area contributed by atoms with Gasteiger partial charge in [-0.05, 0) is 25.5 Å². The zero-order valence-corrected chi connectivity index (χ0v) is 13.8. The molecule has 0 bridgehead atoms. The largest absolute Gasteiger partial charge is 0.304 e. The van der Waals surface area contributed by atoms with Gasteiger partial charge >= 0.3 is 0 Å². The monoisotopic (exact) mass is 304 g/mol. The summed E-state index contributed by atoms with van der Waals surface area (Å²) in [5.74, 6) is 0.520. The maximum atomic E-state index is 11.8. The fourth-order valence-corrected chi connectivity index (χ4v) is 1.48. The van der Waals surface area contributed by atoms with Crippen molar-refractivity contribution in [3.8, 4) is 11.5 Å². The fraction of sp³-hybridized carbons (Fsp3) is 0.438. The number of nitrogens with one attached hydrogen (secondary N) is 1. The molecule has 6 heteroatoms. The minimum absolute atomic E-state index is 0.115. The van der Waals surface area contributed by atoms with Crippen LogP contribution in [0.5, 0.6) is 0 Å². The van der Waals surface area contributed by atoms with Gasteiger partial charge in [0.2, 0.25) is 0 Å². The Morgan fingerprint density at radius 3 is 2.36 bits per heavy atom. The molecule has 0 aliphatic rings. The fourth-order valence-electron chi connectivity index (χ4n) is 1.48. The molecule has 0 saturated heterocycles. The van der Waals surface area contributed by atoms with E-state index in [1.807, 2.05) is 39.8 Å². The topological polar surface area (TPSA) is 88.6 Å². The second-order valence-electron chi connectivity index (χ2n) is 4.15. The molecule has 0 radical (unpaired) electrons. The van der Waals surface area contributed by atoms with Crippen molar-refractivity contribution in [2.75, 3.05) is 0 Å². The highest BCUT2D eigenvalue weighted by molar-refractivity contribution is 5.47. The highest BCUT2D eigenvalue weighted by atomic mass is 16.1. The van der Waals surface area contributed by atoms with Crippen molar-refractivity contribution in [3.63, 3.8) is 0 Å². The number of hydrogen-bond acceptors (Lipinski definition) is 5. The minimum atomic E-state index is -0.185. The molecule has 0 aliphatic carbocycles. The molecule has 1 unspecified atom stereocenters. The molecular formula is C16H24N4O2. The van der Waals surface area contributed by atoms with Crippen LogP contribution < -0.4 is 5.56 Å². The molecule has 0 amide bonds. The number of H-pyrrole nitrogens is 1. The van der Waals surface area contributed by atoms with E-state index in [2.05, 4.69) is 20.2 Å². The lowest BCUT2D eigenvalue weighted by Crippen LogP contribution is -2.19. The predicted octanol–water partition coefficient (Wildman–Crippen LogP) is 2.97. The third kappa shape index (κ3) is 5.95. The summed E-state index contributed by atoms with van der Waals surface area (Å²) in [4.78, 5) is 27.5. The van der Waals surface area contributed by atoms with E-state index in [-0.39, 0.29) is 11.5 Å². The first-order valence-electron chi connectivity index (χ1n) is 7.42. The van der Waals surface area contributed by atoms with Crippen molar-refractivity contribution in [2.45, 2.75) is 47.0 Å². The summed E-state index contributed by atoms with van der Waals surface area (Å²) in [5.41, 5.74) is 0.912. The number of aldehydes is 1. The van der Waals surface area contributed by atoms with Gasteiger partial charge in [-0.25, -0.2) is 0 Å². The Kier molecular flexibility index (Phi) is 10.1. The number of aromatic nitrogens is 4. The molecule has 22 heavy (non-hydrogen) atoms. The van der Waals surface area contributed by atoms with Crippen molar-refractivity contribution in [3.05, 3.63) is 40.4 Å². The van der Waals surface area contributed by atoms with Gasteiger partial charge in [0.1, 0.15) is 17.7 Å². The summed E-state index contributed by atoms with van der Waals surface area (Å²) in [6.45, 7) is 9.41. The van der Waals surface area contributed by atoms with Crippen LogP contribution in [0.3, 0.4) is 0 Å². The maximum Gasteiger partial charge on any atom is 0.273 e. The summed E-state index contributed by atoms with van der Waals surface area (Å²) in [5, 5.41) is 8.00. The van der Waals surface area contributed by atoms with Crippen molar-refractivity contribution >= 4 is 6.29 Å². The molecule has 2 aromatic rings. The summed E-state index contributed by atoms with van der Waals surface area (Å²) in [7, 11) is 0. The first-order chi connectivity index (χ1) is 10.6.